The van der Waals surface area contributed by atoms with Crippen molar-refractivity contribution < 1.29 is 13.9 Å². The molecule has 0 saturated carbocycles. The Balaban J connectivity index is 1.47. The van der Waals surface area contributed by atoms with Gasteiger partial charge in [-0.2, -0.15) is 5.26 Å². The molecule has 1 aliphatic heterocycles. The molecule has 0 radical (unpaired) electrons. The standard InChI is InChI=1S/C29H30FN7O2S/c1-6-21-26(35(5)27-34-25(23(15-31)40-27)19-7-9-20(30)10-8-19)37-17-22(32-16-24(37)33-21)18-11-13-36(14-12-18)28(38)39-29(2,3)4/h7-11,16-17H,6,12-14H2,1-5H3. The molecule has 0 aliphatic carbocycles. The Morgan fingerprint density at radius 3 is 2.62 bits per heavy atom. The number of nitrogens with zero attached hydrogens (tertiary/aromatic N) is 7. The molecular formula is C29H30FN7O2S. The van der Waals surface area contributed by atoms with Gasteiger partial charge in [0.25, 0.3) is 0 Å². The fourth-order valence-corrected chi connectivity index (χ4v) is 5.41. The SMILES string of the molecule is CCc1nc2cnc(C3=CCN(C(=O)OC(C)(C)C)CC3)cn2c1N(C)c1nc(-c2ccc(F)cc2)c(C#N)s1. The summed E-state index contributed by atoms with van der Waals surface area (Å²) < 4.78 is 21.0. The van der Waals surface area contributed by atoms with Crippen molar-refractivity contribution >= 4 is 39.6 Å². The van der Waals surface area contributed by atoms with Crippen molar-refractivity contribution in [1.29, 1.82) is 5.26 Å². The molecule has 11 heteroatoms. The number of ether oxygens (including phenoxy) is 1. The minimum atomic E-state index is -0.542. The van der Waals surface area contributed by atoms with Crippen molar-refractivity contribution in [3.8, 4) is 17.3 Å². The monoisotopic (exact) mass is 559 g/mol. The normalized spacial score (nSPS) is 13.7. The van der Waals surface area contributed by atoms with Gasteiger partial charge in [0.1, 0.15) is 33.9 Å². The Kier molecular flexibility index (Phi) is 7.29. The predicted octanol–water partition coefficient (Wildman–Crippen LogP) is 6.22. The molecule has 4 aromatic rings. The van der Waals surface area contributed by atoms with E-state index >= 15 is 0 Å². The number of hydrogen-bond acceptors (Lipinski definition) is 8. The molecule has 0 saturated heterocycles. The first-order chi connectivity index (χ1) is 19.1. The van der Waals surface area contributed by atoms with E-state index in [0.29, 0.717) is 52.8 Å². The van der Waals surface area contributed by atoms with Crippen LogP contribution in [0.2, 0.25) is 0 Å². The molecule has 0 fully saturated rings. The zero-order valence-electron chi connectivity index (χ0n) is 23.1. The van der Waals surface area contributed by atoms with Crippen molar-refractivity contribution in [3.05, 3.63) is 64.8 Å². The van der Waals surface area contributed by atoms with Gasteiger partial charge in [0.15, 0.2) is 10.8 Å². The summed E-state index contributed by atoms with van der Waals surface area (Å²) in [5.74, 6) is 0.486. The van der Waals surface area contributed by atoms with E-state index in [1.165, 1.54) is 23.5 Å². The average molecular weight is 560 g/mol. The molecule has 0 N–H and O–H groups in total. The molecule has 3 aromatic heterocycles. The number of thiazole rings is 1. The number of carbonyl (C=O) groups is 1. The predicted molar refractivity (Wildman–Crippen MR) is 153 cm³/mol. The highest BCUT2D eigenvalue weighted by atomic mass is 32.1. The van der Waals surface area contributed by atoms with Crippen molar-refractivity contribution in [2.75, 3.05) is 25.0 Å². The number of anilines is 2. The number of imidazole rings is 1. The third-order valence-corrected chi connectivity index (χ3v) is 7.55. The first-order valence-corrected chi connectivity index (χ1v) is 13.8. The maximum Gasteiger partial charge on any atom is 0.410 e. The topological polar surface area (TPSA) is 99.7 Å². The molecule has 1 aliphatic rings. The summed E-state index contributed by atoms with van der Waals surface area (Å²) in [6.45, 7) is 8.60. The summed E-state index contributed by atoms with van der Waals surface area (Å²) in [7, 11) is 1.90. The van der Waals surface area contributed by atoms with Crippen LogP contribution in [-0.2, 0) is 11.2 Å². The zero-order chi connectivity index (χ0) is 28.6. The number of rotatable bonds is 5. The van der Waals surface area contributed by atoms with Crippen LogP contribution in [0.4, 0.5) is 20.1 Å². The number of aromatic nitrogens is 4. The number of carbonyl (C=O) groups excluding carboxylic acids is 1. The molecule has 1 aromatic carbocycles. The highest BCUT2D eigenvalue weighted by Gasteiger charge is 2.26. The van der Waals surface area contributed by atoms with E-state index in [1.54, 1.807) is 23.2 Å². The lowest BCUT2D eigenvalue weighted by molar-refractivity contribution is 0.0270. The van der Waals surface area contributed by atoms with E-state index in [4.69, 9.17) is 14.7 Å². The van der Waals surface area contributed by atoms with E-state index < -0.39 is 5.60 Å². The molecule has 0 unspecified atom stereocenters. The summed E-state index contributed by atoms with van der Waals surface area (Å²) in [5.41, 5.74) is 4.07. The Hall–Kier alpha value is -4.30. The molecule has 206 valence electrons. The fourth-order valence-electron chi connectivity index (χ4n) is 4.57. The Morgan fingerprint density at radius 1 is 1.25 bits per heavy atom. The molecule has 9 nitrogen and oxygen atoms in total. The van der Waals surface area contributed by atoms with Gasteiger partial charge in [0.05, 0.1) is 17.6 Å². The third-order valence-electron chi connectivity index (χ3n) is 6.52. The first kappa shape index (κ1) is 27.3. The lowest BCUT2D eigenvalue weighted by Gasteiger charge is -2.29. The highest BCUT2D eigenvalue weighted by Crippen LogP contribution is 2.37. The van der Waals surface area contributed by atoms with E-state index in [9.17, 15) is 14.4 Å². The molecule has 0 atom stereocenters. The van der Waals surface area contributed by atoms with Crippen molar-refractivity contribution in [2.45, 2.75) is 46.1 Å². The summed E-state index contributed by atoms with van der Waals surface area (Å²) >= 11 is 1.27. The summed E-state index contributed by atoms with van der Waals surface area (Å²) in [5, 5.41) is 10.4. The van der Waals surface area contributed by atoms with Gasteiger partial charge >= 0.3 is 6.09 Å². The number of aryl methyl sites for hydroxylation is 1. The number of amides is 1. The maximum absolute atomic E-state index is 13.5. The lowest BCUT2D eigenvalue weighted by Crippen LogP contribution is -2.39. The highest BCUT2D eigenvalue weighted by molar-refractivity contribution is 7.16. The van der Waals surface area contributed by atoms with Crippen LogP contribution in [0, 0.1) is 17.1 Å². The Bertz CT molecular complexity index is 1640. The van der Waals surface area contributed by atoms with E-state index in [0.717, 1.165) is 22.8 Å². The van der Waals surface area contributed by atoms with Crippen LogP contribution >= 0.6 is 11.3 Å². The van der Waals surface area contributed by atoms with Crippen LogP contribution < -0.4 is 4.90 Å². The van der Waals surface area contributed by atoms with Crippen LogP contribution in [0.5, 0.6) is 0 Å². The largest absolute Gasteiger partial charge is 0.444 e. The molecular weight excluding hydrogens is 529 g/mol. The molecule has 5 rings (SSSR count). The second-order valence-corrected chi connectivity index (χ2v) is 11.5. The summed E-state index contributed by atoms with van der Waals surface area (Å²) in [4.78, 5) is 30.8. The van der Waals surface area contributed by atoms with Crippen LogP contribution in [-0.4, -0.2) is 56.1 Å². The van der Waals surface area contributed by atoms with Crippen LogP contribution in [0.25, 0.3) is 22.5 Å². The molecule has 0 bridgehead atoms. The second kappa shape index (κ2) is 10.7. The Morgan fingerprint density at radius 2 is 2.00 bits per heavy atom. The van der Waals surface area contributed by atoms with Crippen molar-refractivity contribution in [2.24, 2.45) is 0 Å². The summed E-state index contributed by atoms with van der Waals surface area (Å²) in [6.07, 6.45) is 6.74. The van der Waals surface area contributed by atoms with Crippen molar-refractivity contribution in [3.63, 3.8) is 0 Å². The minimum Gasteiger partial charge on any atom is -0.444 e. The van der Waals surface area contributed by atoms with Gasteiger partial charge in [-0.15, -0.1) is 0 Å². The molecule has 0 spiro atoms. The minimum absolute atomic E-state index is 0.322. The molecule has 4 heterocycles. The number of fused-ring (bicyclic) bond motifs is 1. The first-order valence-electron chi connectivity index (χ1n) is 13.0. The fraction of sp³-hybridized carbons (Fsp3) is 0.345. The van der Waals surface area contributed by atoms with Crippen molar-refractivity contribution in [1.82, 2.24) is 24.3 Å². The summed E-state index contributed by atoms with van der Waals surface area (Å²) in [6, 6.07) is 8.20. The van der Waals surface area contributed by atoms with Crippen LogP contribution in [0.1, 0.15) is 50.4 Å². The van der Waals surface area contributed by atoms with Gasteiger partial charge < -0.3 is 14.5 Å². The molecule has 40 heavy (non-hydrogen) atoms. The Labute approximate surface area is 236 Å². The van der Waals surface area contributed by atoms with Gasteiger partial charge in [0.2, 0.25) is 0 Å². The average Bonchev–Trinajstić information content (AvgIpc) is 3.53. The smallest absolute Gasteiger partial charge is 0.410 e. The number of hydrogen-bond donors (Lipinski definition) is 0. The maximum atomic E-state index is 13.5. The van der Waals surface area contributed by atoms with Crippen LogP contribution in [0.15, 0.2) is 42.7 Å². The van der Waals surface area contributed by atoms with Gasteiger partial charge in [-0.3, -0.25) is 9.38 Å². The van der Waals surface area contributed by atoms with Gasteiger partial charge in [-0.1, -0.05) is 24.3 Å². The number of halogens is 1. The lowest BCUT2D eigenvalue weighted by atomic mass is 10.1. The third kappa shape index (κ3) is 5.40. The zero-order valence-corrected chi connectivity index (χ0v) is 23.9. The van der Waals surface area contributed by atoms with E-state index in [1.807, 2.05) is 56.3 Å². The van der Waals surface area contributed by atoms with Gasteiger partial charge in [-0.25, -0.2) is 19.2 Å². The number of benzene rings is 1. The van der Waals surface area contributed by atoms with Gasteiger partial charge in [0, 0.05) is 31.9 Å². The van der Waals surface area contributed by atoms with E-state index in [2.05, 4.69) is 11.1 Å². The van der Waals surface area contributed by atoms with E-state index in [-0.39, 0.29) is 11.9 Å². The second-order valence-electron chi connectivity index (χ2n) is 10.5. The quantitative estimate of drug-likeness (QED) is 0.286. The number of nitriles is 1. The molecule has 1 amide bonds. The van der Waals surface area contributed by atoms with Crippen LogP contribution in [0.3, 0.4) is 0 Å². The van der Waals surface area contributed by atoms with Gasteiger partial charge in [-0.05, 0) is 63.5 Å².